The topological polar surface area (TPSA) is 67.2 Å². The number of nitrogens with two attached hydrogens (primary N) is 1. The van der Waals surface area contributed by atoms with Crippen molar-refractivity contribution in [1.82, 2.24) is 5.32 Å². The van der Waals surface area contributed by atoms with Gasteiger partial charge in [0.25, 0.3) is 5.91 Å². The molecule has 0 atom stereocenters. The Bertz CT molecular complexity index is 506. The predicted octanol–water partition coefficient (Wildman–Crippen LogP) is 2.47. The summed E-state index contributed by atoms with van der Waals surface area (Å²) in [6.07, 6.45) is 0. The van der Waals surface area contributed by atoms with E-state index >= 15 is 0 Å². The number of carbonyl (C=O) groups excluding carboxylic acids is 1. The summed E-state index contributed by atoms with van der Waals surface area (Å²) in [6, 6.07) is 5.78. The van der Waals surface area contributed by atoms with Crippen molar-refractivity contribution in [3.8, 4) is 0 Å². The van der Waals surface area contributed by atoms with Gasteiger partial charge in [0, 0.05) is 18.7 Å². The van der Waals surface area contributed by atoms with Gasteiger partial charge >= 0.3 is 0 Å². The third kappa shape index (κ3) is 2.05. The molecule has 0 saturated heterocycles. The van der Waals surface area contributed by atoms with Gasteiger partial charge in [-0.1, -0.05) is 27.7 Å². The summed E-state index contributed by atoms with van der Waals surface area (Å²) in [6.45, 7) is 9.00. The molecule has 1 aromatic rings. The van der Waals surface area contributed by atoms with Crippen LogP contribution in [-0.2, 0) is 0 Å². The van der Waals surface area contributed by atoms with Gasteiger partial charge in [-0.3, -0.25) is 4.79 Å². The number of nitrogen functional groups attached to an aromatic ring is 1. The fourth-order valence-corrected chi connectivity index (χ4v) is 2.69. The third-order valence-electron chi connectivity index (χ3n) is 4.86. The maximum atomic E-state index is 11.5. The number of hydrogen-bond acceptors (Lipinski definition) is 3. The zero-order chi connectivity index (χ0) is 14.4. The Morgan fingerprint density at radius 1 is 1.21 bits per heavy atom. The molecule has 19 heavy (non-hydrogen) atoms. The summed E-state index contributed by atoms with van der Waals surface area (Å²) < 4.78 is 0. The van der Waals surface area contributed by atoms with Gasteiger partial charge in [-0.25, -0.2) is 0 Å². The smallest absolute Gasteiger partial charge is 0.251 e. The fourth-order valence-electron chi connectivity index (χ4n) is 2.69. The van der Waals surface area contributed by atoms with Gasteiger partial charge < -0.3 is 16.4 Å². The standard InChI is InChI=1S/C15H23N3O/c1-14(2)13(15(14,3)4)18-11-7-6-9(8-10(11)16)12(19)17-5/h6-8,13,18H,16H2,1-5H3,(H,17,19). The molecular weight excluding hydrogens is 238 g/mol. The molecule has 4 heteroatoms. The van der Waals surface area contributed by atoms with Gasteiger partial charge in [-0.15, -0.1) is 0 Å². The first-order valence-electron chi connectivity index (χ1n) is 6.60. The summed E-state index contributed by atoms with van der Waals surface area (Å²) in [4.78, 5) is 11.5. The van der Waals surface area contributed by atoms with Crippen LogP contribution in [-0.4, -0.2) is 19.0 Å². The molecule has 1 aliphatic rings. The Morgan fingerprint density at radius 2 is 1.79 bits per heavy atom. The minimum absolute atomic E-state index is 0.120. The van der Waals surface area contributed by atoms with Crippen LogP contribution >= 0.6 is 0 Å². The molecule has 4 N–H and O–H groups in total. The lowest BCUT2D eigenvalue weighted by Gasteiger charge is -2.12. The van der Waals surface area contributed by atoms with Gasteiger partial charge in [0.1, 0.15) is 0 Å². The molecule has 0 aromatic heterocycles. The Kier molecular flexibility index (Phi) is 3.00. The minimum atomic E-state index is -0.120. The number of rotatable bonds is 3. The van der Waals surface area contributed by atoms with Gasteiger partial charge in [0.2, 0.25) is 0 Å². The van der Waals surface area contributed by atoms with Crippen LogP contribution in [0.25, 0.3) is 0 Å². The number of hydrogen-bond donors (Lipinski definition) is 3. The summed E-state index contributed by atoms with van der Waals surface area (Å²) in [5, 5.41) is 6.08. The lowest BCUT2D eigenvalue weighted by atomic mass is 10.0. The third-order valence-corrected chi connectivity index (χ3v) is 4.86. The highest BCUT2D eigenvalue weighted by Gasteiger charge is 2.64. The van der Waals surface area contributed by atoms with Crippen LogP contribution in [0.3, 0.4) is 0 Å². The Morgan fingerprint density at radius 3 is 2.21 bits per heavy atom. The van der Waals surface area contributed by atoms with Gasteiger partial charge in [-0.05, 0) is 29.0 Å². The van der Waals surface area contributed by atoms with E-state index in [0.717, 1.165) is 5.69 Å². The molecular formula is C15H23N3O. The number of anilines is 2. The second kappa shape index (κ2) is 4.15. The maximum absolute atomic E-state index is 11.5. The first-order chi connectivity index (χ1) is 8.71. The van der Waals surface area contributed by atoms with Gasteiger partial charge in [-0.2, -0.15) is 0 Å². The molecule has 104 valence electrons. The molecule has 1 aliphatic carbocycles. The van der Waals surface area contributed by atoms with Crippen LogP contribution in [0, 0.1) is 10.8 Å². The van der Waals surface area contributed by atoms with Crippen molar-refractivity contribution in [1.29, 1.82) is 0 Å². The summed E-state index contributed by atoms with van der Waals surface area (Å²) in [5.74, 6) is -0.120. The van der Waals surface area contributed by atoms with Crippen molar-refractivity contribution in [2.24, 2.45) is 10.8 Å². The maximum Gasteiger partial charge on any atom is 0.251 e. The van der Waals surface area contributed by atoms with E-state index in [-0.39, 0.29) is 16.7 Å². The van der Waals surface area contributed by atoms with Crippen molar-refractivity contribution < 1.29 is 4.79 Å². The lowest BCUT2D eigenvalue weighted by molar-refractivity contribution is 0.0963. The molecule has 0 bridgehead atoms. The second-order valence-corrected chi connectivity index (χ2v) is 6.40. The van der Waals surface area contributed by atoms with Crippen LogP contribution in [0.4, 0.5) is 11.4 Å². The first kappa shape index (κ1) is 13.7. The quantitative estimate of drug-likeness (QED) is 0.732. The summed E-state index contributed by atoms with van der Waals surface area (Å²) in [5.41, 5.74) is 8.62. The van der Waals surface area contributed by atoms with E-state index in [2.05, 4.69) is 38.3 Å². The van der Waals surface area contributed by atoms with E-state index in [1.165, 1.54) is 0 Å². The number of carbonyl (C=O) groups is 1. The van der Waals surface area contributed by atoms with E-state index in [1.807, 2.05) is 6.07 Å². The van der Waals surface area contributed by atoms with Crippen LogP contribution in [0.15, 0.2) is 18.2 Å². The van der Waals surface area contributed by atoms with Crippen LogP contribution in [0.1, 0.15) is 38.1 Å². The summed E-state index contributed by atoms with van der Waals surface area (Å²) in [7, 11) is 1.61. The van der Waals surface area contributed by atoms with Crippen molar-refractivity contribution in [3.63, 3.8) is 0 Å². The highest BCUT2D eigenvalue weighted by molar-refractivity contribution is 5.96. The monoisotopic (exact) mass is 261 g/mol. The predicted molar refractivity (Wildman–Crippen MR) is 79.2 cm³/mol. The van der Waals surface area contributed by atoms with Crippen molar-refractivity contribution in [3.05, 3.63) is 23.8 Å². The average Bonchev–Trinajstić information content (AvgIpc) is 2.72. The second-order valence-electron chi connectivity index (χ2n) is 6.40. The molecule has 0 heterocycles. The molecule has 1 amide bonds. The molecule has 0 unspecified atom stereocenters. The Labute approximate surface area is 114 Å². The molecule has 1 aromatic carbocycles. The van der Waals surface area contributed by atoms with Crippen LogP contribution < -0.4 is 16.4 Å². The zero-order valence-electron chi connectivity index (χ0n) is 12.3. The molecule has 0 aliphatic heterocycles. The number of amides is 1. The van der Waals surface area contributed by atoms with E-state index < -0.39 is 0 Å². The molecule has 4 nitrogen and oxygen atoms in total. The van der Waals surface area contributed by atoms with E-state index in [0.29, 0.717) is 17.3 Å². The largest absolute Gasteiger partial charge is 0.397 e. The molecule has 0 spiro atoms. The first-order valence-corrected chi connectivity index (χ1v) is 6.60. The van der Waals surface area contributed by atoms with Gasteiger partial charge in [0.05, 0.1) is 11.4 Å². The summed E-state index contributed by atoms with van der Waals surface area (Å²) >= 11 is 0. The number of nitrogens with one attached hydrogen (secondary N) is 2. The van der Waals surface area contributed by atoms with Crippen LogP contribution in [0.5, 0.6) is 0 Å². The normalized spacial score (nSPS) is 19.8. The lowest BCUT2D eigenvalue weighted by Crippen LogP contribution is -2.18. The van der Waals surface area contributed by atoms with E-state index in [1.54, 1.807) is 19.2 Å². The molecule has 0 radical (unpaired) electrons. The highest BCUT2D eigenvalue weighted by Crippen LogP contribution is 2.63. The van der Waals surface area contributed by atoms with E-state index in [4.69, 9.17) is 5.73 Å². The molecule has 1 fully saturated rings. The van der Waals surface area contributed by atoms with Crippen LogP contribution in [0.2, 0.25) is 0 Å². The minimum Gasteiger partial charge on any atom is -0.397 e. The molecule has 2 rings (SSSR count). The van der Waals surface area contributed by atoms with Crippen molar-refractivity contribution >= 4 is 17.3 Å². The highest BCUT2D eigenvalue weighted by atomic mass is 16.1. The van der Waals surface area contributed by atoms with Crippen molar-refractivity contribution in [2.75, 3.05) is 18.1 Å². The Hall–Kier alpha value is -1.71. The SMILES string of the molecule is CNC(=O)c1ccc(NC2C(C)(C)C2(C)C)c(N)c1. The van der Waals surface area contributed by atoms with Gasteiger partial charge in [0.15, 0.2) is 0 Å². The molecule has 1 saturated carbocycles. The Balaban J connectivity index is 2.18. The fraction of sp³-hybridized carbons (Fsp3) is 0.533. The van der Waals surface area contributed by atoms with E-state index in [9.17, 15) is 4.79 Å². The zero-order valence-corrected chi connectivity index (χ0v) is 12.3. The average molecular weight is 261 g/mol. The number of benzene rings is 1. The van der Waals surface area contributed by atoms with Crippen molar-refractivity contribution in [2.45, 2.75) is 33.7 Å².